The molecule has 23 heavy (non-hydrogen) atoms. The summed E-state index contributed by atoms with van der Waals surface area (Å²) in [5.41, 5.74) is 0.989. The fraction of sp³-hybridized carbons (Fsp3) is 0.278. The van der Waals surface area contributed by atoms with Gasteiger partial charge < -0.3 is 20.1 Å². The standard InChI is InChI=1S/C18H20N2O3/c21-18(17-13-22-10-9-19-17)20-12-14-5-4-8-16(11-14)23-15-6-2-1-3-7-15/h1-8,11,17,19H,9-10,12-13H2,(H,20,21). The summed E-state index contributed by atoms with van der Waals surface area (Å²) in [5, 5.41) is 6.06. The van der Waals surface area contributed by atoms with Gasteiger partial charge in [-0.2, -0.15) is 0 Å². The van der Waals surface area contributed by atoms with Crippen molar-refractivity contribution < 1.29 is 14.3 Å². The molecule has 2 aromatic carbocycles. The van der Waals surface area contributed by atoms with Gasteiger partial charge in [-0.25, -0.2) is 0 Å². The molecule has 120 valence electrons. The van der Waals surface area contributed by atoms with Gasteiger partial charge in [0.15, 0.2) is 0 Å². The lowest BCUT2D eigenvalue weighted by Crippen LogP contribution is -2.51. The third-order valence-electron chi connectivity index (χ3n) is 3.58. The third kappa shape index (κ3) is 4.55. The number of carbonyl (C=O) groups excluding carboxylic acids is 1. The minimum Gasteiger partial charge on any atom is -0.457 e. The molecule has 1 unspecified atom stereocenters. The Balaban J connectivity index is 1.56. The number of morpholine rings is 1. The Kier molecular flexibility index (Phi) is 5.24. The van der Waals surface area contributed by atoms with Crippen molar-refractivity contribution in [2.45, 2.75) is 12.6 Å². The average molecular weight is 312 g/mol. The normalized spacial score (nSPS) is 17.5. The molecule has 1 fully saturated rings. The zero-order chi connectivity index (χ0) is 15.9. The molecule has 1 saturated heterocycles. The van der Waals surface area contributed by atoms with E-state index in [9.17, 15) is 4.79 Å². The zero-order valence-corrected chi connectivity index (χ0v) is 12.8. The molecule has 1 aliphatic heterocycles. The van der Waals surface area contributed by atoms with Crippen LogP contribution in [0, 0.1) is 0 Å². The first-order valence-corrected chi connectivity index (χ1v) is 7.72. The Bertz CT molecular complexity index is 640. The van der Waals surface area contributed by atoms with Crippen LogP contribution in [0.25, 0.3) is 0 Å². The fourth-order valence-corrected chi connectivity index (χ4v) is 2.39. The molecule has 0 spiro atoms. The maximum absolute atomic E-state index is 12.1. The Morgan fingerprint density at radius 2 is 2.00 bits per heavy atom. The summed E-state index contributed by atoms with van der Waals surface area (Å²) in [5.74, 6) is 1.50. The number of hydrogen-bond donors (Lipinski definition) is 2. The molecule has 0 bridgehead atoms. The molecule has 1 amide bonds. The van der Waals surface area contributed by atoms with E-state index < -0.39 is 0 Å². The van der Waals surface area contributed by atoms with Gasteiger partial charge >= 0.3 is 0 Å². The van der Waals surface area contributed by atoms with Gasteiger partial charge in [-0.1, -0.05) is 30.3 Å². The maximum atomic E-state index is 12.1. The number of para-hydroxylation sites is 1. The summed E-state index contributed by atoms with van der Waals surface area (Å²) in [6.45, 7) is 2.24. The van der Waals surface area contributed by atoms with Crippen LogP contribution in [0.4, 0.5) is 0 Å². The van der Waals surface area contributed by atoms with Crippen LogP contribution in [0.5, 0.6) is 11.5 Å². The molecule has 5 heteroatoms. The van der Waals surface area contributed by atoms with E-state index in [-0.39, 0.29) is 11.9 Å². The van der Waals surface area contributed by atoms with Crippen LogP contribution < -0.4 is 15.4 Å². The molecule has 5 nitrogen and oxygen atoms in total. The predicted octanol–water partition coefficient (Wildman–Crippen LogP) is 2.08. The highest BCUT2D eigenvalue weighted by molar-refractivity contribution is 5.81. The number of amides is 1. The molecule has 1 atom stereocenters. The van der Waals surface area contributed by atoms with Crippen LogP contribution in [0.1, 0.15) is 5.56 Å². The summed E-state index contributed by atoms with van der Waals surface area (Å²) in [7, 11) is 0. The number of benzene rings is 2. The van der Waals surface area contributed by atoms with E-state index in [0.29, 0.717) is 26.3 Å². The van der Waals surface area contributed by atoms with E-state index in [0.717, 1.165) is 17.1 Å². The molecule has 1 aliphatic rings. The highest BCUT2D eigenvalue weighted by Crippen LogP contribution is 2.21. The Morgan fingerprint density at radius 1 is 1.17 bits per heavy atom. The molecular formula is C18H20N2O3. The van der Waals surface area contributed by atoms with Gasteiger partial charge in [-0.15, -0.1) is 0 Å². The minimum atomic E-state index is -0.271. The second kappa shape index (κ2) is 7.76. The zero-order valence-electron chi connectivity index (χ0n) is 12.8. The summed E-state index contributed by atoms with van der Waals surface area (Å²) < 4.78 is 11.1. The van der Waals surface area contributed by atoms with Crippen molar-refractivity contribution in [1.82, 2.24) is 10.6 Å². The van der Waals surface area contributed by atoms with Crippen LogP contribution in [-0.2, 0) is 16.1 Å². The third-order valence-corrected chi connectivity index (χ3v) is 3.58. The second-order valence-corrected chi connectivity index (χ2v) is 5.36. The van der Waals surface area contributed by atoms with Crippen molar-refractivity contribution in [3.63, 3.8) is 0 Å². The van der Waals surface area contributed by atoms with E-state index in [1.165, 1.54) is 0 Å². The first-order chi connectivity index (χ1) is 11.3. The number of rotatable bonds is 5. The summed E-state index contributed by atoms with van der Waals surface area (Å²) in [4.78, 5) is 12.1. The van der Waals surface area contributed by atoms with Crippen LogP contribution in [-0.4, -0.2) is 31.7 Å². The van der Waals surface area contributed by atoms with Crippen LogP contribution in [0.3, 0.4) is 0 Å². The lowest BCUT2D eigenvalue weighted by Gasteiger charge is -2.22. The van der Waals surface area contributed by atoms with Crippen molar-refractivity contribution in [1.29, 1.82) is 0 Å². The van der Waals surface area contributed by atoms with Crippen molar-refractivity contribution in [3.8, 4) is 11.5 Å². The van der Waals surface area contributed by atoms with Crippen molar-refractivity contribution in [3.05, 3.63) is 60.2 Å². The van der Waals surface area contributed by atoms with Gasteiger partial charge in [0.1, 0.15) is 17.5 Å². The molecule has 0 aliphatic carbocycles. The smallest absolute Gasteiger partial charge is 0.239 e. The van der Waals surface area contributed by atoms with Gasteiger partial charge in [0.05, 0.1) is 13.2 Å². The number of carbonyl (C=O) groups is 1. The van der Waals surface area contributed by atoms with Crippen LogP contribution in [0.15, 0.2) is 54.6 Å². The van der Waals surface area contributed by atoms with E-state index in [4.69, 9.17) is 9.47 Å². The van der Waals surface area contributed by atoms with Crippen LogP contribution in [0.2, 0.25) is 0 Å². The number of hydrogen-bond acceptors (Lipinski definition) is 4. The highest BCUT2D eigenvalue weighted by atomic mass is 16.5. The summed E-state index contributed by atoms with van der Waals surface area (Å²) in [6, 6.07) is 17.1. The quantitative estimate of drug-likeness (QED) is 0.887. The van der Waals surface area contributed by atoms with Crippen LogP contribution >= 0.6 is 0 Å². The first-order valence-electron chi connectivity index (χ1n) is 7.72. The SMILES string of the molecule is O=C(NCc1cccc(Oc2ccccc2)c1)C1COCCN1. The lowest BCUT2D eigenvalue weighted by atomic mass is 10.2. The monoisotopic (exact) mass is 312 g/mol. The van der Waals surface area contributed by atoms with Crippen molar-refractivity contribution in [2.75, 3.05) is 19.8 Å². The summed E-state index contributed by atoms with van der Waals surface area (Å²) in [6.07, 6.45) is 0. The molecule has 1 heterocycles. The largest absolute Gasteiger partial charge is 0.457 e. The molecule has 3 rings (SSSR count). The Labute approximate surface area is 135 Å². The number of nitrogens with one attached hydrogen (secondary N) is 2. The summed E-state index contributed by atoms with van der Waals surface area (Å²) >= 11 is 0. The molecule has 2 aromatic rings. The predicted molar refractivity (Wildman–Crippen MR) is 87.4 cm³/mol. The molecular weight excluding hydrogens is 292 g/mol. The van der Waals surface area contributed by atoms with Gasteiger partial charge in [0.2, 0.25) is 5.91 Å². The maximum Gasteiger partial charge on any atom is 0.239 e. The molecule has 0 radical (unpaired) electrons. The van der Waals surface area contributed by atoms with Crippen molar-refractivity contribution >= 4 is 5.91 Å². The Morgan fingerprint density at radius 3 is 2.78 bits per heavy atom. The van der Waals surface area contributed by atoms with Gasteiger partial charge in [0.25, 0.3) is 0 Å². The van der Waals surface area contributed by atoms with E-state index in [1.54, 1.807) is 0 Å². The van der Waals surface area contributed by atoms with Gasteiger partial charge in [-0.3, -0.25) is 4.79 Å². The Hall–Kier alpha value is -2.37. The highest BCUT2D eigenvalue weighted by Gasteiger charge is 2.20. The van der Waals surface area contributed by atoms with E-state index in [1.807, 2.05) is 54.6 Å². The van der Waals surface area contributed by atoms with Crippen molar-refractivity contribution in [2.24, 2.45) is 0 Å². The van der Waals surface area contributed by atoms with Gasteiger partial charge in [0, 0.05) is 13.1 Å². The molecule has 0 aromatic heterocycles. The molecule has 2 N–H and O–H groups in total. The minimum absolute atomic E-state index is 0.0425. The molecule has 0 saturated carbocycles. The number of ether oxygens (including phenoxy) is 2. The lowest BCUT2D eigenvalue weighted by molar-refractivity contribution is -0.126. The first kappa shape index (κ1) is 15.5. The fourth-order valence-electron chi connectivity index (χ4n) is 2.39. The van der Waals surface area contributed by atoms with E-state index >= 15 is 0 Å². The average Bonchev–Trinajstić information content (AvgIpc) is 2.62. The second-order valence-electron chi connectivity index (χ2n) is 5.36. The van der Waals surface area contributed by atoms with E-state index in [2.05, 4.69) is 10.6 Å². The van der Waals surface area contributed by atoms with Gasteiger partial charge in [-0.05, 0) is 29.8 Å². The topological polar surface area (TPSA) is 59.6 Å².